The van der Waals surface area contributed by atoms with Gasteiger partial charge in [0.25, 0.3) is 5.76 Å². The van der Waals surface area contributed by atoms with E-state index in [1.807, 2.05) is 6.92 Å². The molecule has 0 saturated heterocycles. The number of aryl methyl sites for hydroxylation is 1. The summed E-state index contributed by atoms with van der Waals surface area (Å²) in [6.45, 7) is 1.85. The number of esters is 1. The molecule has 0 amide bonds. The number of hydrogen-bond donors (Lipinski definition) is 0. The molecular formula is C25H17F3O6. The molecule has 0 aliphatic carbocycles. The van der Waals surface area contributed by atoms with Crippen molar-refractivity contribution >= 4 is 16.9 Å². The Morgan fingerprint density at radius 2 is 1.62 bits per heavy atom. The average molecular weight is 470 g/mol. The van der Waals surface area contributed by atoms with Gasteiger partial charge in [-0.05, 0) is 43.3 Å². The highest BCUT2D eigenvalue weighted by atomic mass is 19.4. The van der Waals surface area contributed by atoms with E-state index in [2.05, 4.69) is 0 Å². The van der Waals surface area contributed by atoms with Crippen molar-refractivity contribution < 1.29 is 36.6 Å². The molecule has 0 aliphatic heterocycles. The number of alkyl halides is 3. The number of hydrogen-bond acceptors (Lipinski definition) is 6. The molecule has 0 spiro atoms. The highest BCUT2D eigenvalue weighted by Gasteiger charge is 2.40. The number of methoxy groups -OCH3 is 1. The maximum Gasteiger partial charge on any atom is 0.453 e. The predicted octanol–water partition coefficient (Wildman–Crippen LogP) is 6.14. The van der Waals surface area contributed by atoms with Crippen molar-refractivity contribution in [2.75, 3.05) is 7.11 Å². The molecule has 1 heterocycles. The van der Waals surface area contributed by atoms with Crippen molar-refractivity contribution in [3.8, 4) is 23.0 Å². The average Bonchev–Trinajstić information content (AvgIpc) is 2.80. The number of halogens is 3. The van der Waals surface area contributed by atoms with Crippen LogP contribution >= 0.6 is 0 Å². The molecule has 34 heavy (non-hydrogen) atoms. The summed E-state index contributed by atoms with van der Waals surface area (Å²) in [6, 6.07) is 16.0. The van der Waals surface area contributed by atoms with Crippen molar-refractivity contribution in [3.63, 3.8) is 0 Å². The second-order valence-corrected chi connectivity index (χ2v) is 7.25. The van der Waals surface area contributed by atoms with Gasteiger partial charge in [0.15, 0.2) is 11.5 Å². The Morgan fingerprint density at radius 3 is 2.26 bits per heavy atom. The lowest BCUT2D eigenvalue weighted by Gasteiger charge is -2.15. The third-order valence-electron chi connectivity index (χ3n) is 4.86. The zero-order chi connectivity index (χ0) is 24.5. The molecule has 0 unspecified atom stereocenters. The van der Waals surface area contributed by atoms with Gasteiger partial charge in [0.05, 0.1) is 18.1 Å². The van der Waals surface area contributed by atoms with E-state index >= 15 is 0 Å². The van der Waals surface area contributed by atoms with Gasteiger partial charge in [-0.1, -0.05) is 29.8 Å². The van der Waals surface area contributed by atoms with Crippen LogP contribution in [0.2, 0.25) is 0 Å². The van der Waals surface area contributed by atoms with Crippen molar-refractivity contribution in [3.05, 3.63) is 93.8 Å². The summed E-state index contributed by atoms with van der Waals surface area (Å²) in [6.07, 6.45) is -5.04. The van der Waals surface area contributed by atoms with Crippen molar-refractivity contribution in [1.82, 2.24) is 0 Å². The summed E-state index contributed by atoms with van der Waals surface area (Å²) in [5.41, 5.74) is -0.270. The molecule has 4 aromatic rings. The Balaban J connectivity index is 1.76. The molecule has 0 saturated carbocycles. The van der Waals surface area contributed by atoms with Gasteiger partial charge >= 0.3 is 12.1 Å². The largest absolute Gasteiger partial charge is 0.493 e. The topological polar surface area (TPSA) is 75.0 Å². The molecule has 4 rings (SSSR count). The Hall–Kier alpha value is -4.27. The Labute approximate surface area is 191 Å². The van der Waals surface area contributed by atoms with Crippen LogP contribution in [0.5, 0.6) is 23.0 Å². The molecule has 3 aromatic carbocycles. The van der Waals surface area contributed by atoms with E-state index < -0.39 is 34.7 Å². The lowest BCUT2D eigenvalue weighted by molar-refractivity contribution is -0.154. The third-order valence-corrected chi connectivity index (χ3v) is 4.86. The normalized spacial score (nSPS) is 11.3. The second-order valence-electron chi connectivity index (χ2n) is 7.25. The van der Waals surface area contributed by atoms with Crippen molar-refractivity contribution in [2.24, 2.45) is 0 Å². The highest BCUT2D eigenvalue weighted by molar-refractivity contribution is 5.91. The molecule has 0 N–H and O–H groups in total. The Kier molecular flexibility index (Phi) is 6.02. The van der Waals surface area contributed by atoms with Crippen LogP contribution < -0.4 is 19.6 Å². The van der Waals surface area contributed by atoms with Crippen LogP contribution in [0.1, 0.15) is 21.7 Å². The van der Waals surface area contributed by atoms with Crippen LogP contribution in [0, 0.1) is 6.92 Å². The molecule has 174 valence electrons. The van der Waals surface area contributed by atoms with Crippen LogP contribution in [-0.2, 0) is 6.18 Å². The summed E-state index contributed by atoms with van der Waals surface area (Å²) < 4.78 is 62.0. The Morgan fingerprint density at radius 1 is 0.941 bits per heavy atom. The number of ether oxygens (including phenoxy) is 3. The zero-order valence-corrected chi connectivity index (χ0v) is 17.9. The monoisotopic (exact) mass is 470 g/mol. The molecular weight excluding hydrogens is 453 g/mol. The van der Waals surface area contributed by atoms with Crippen LogP contribution in [0.25, 0.3) is 11.0 Å². The van der Waals surface area contributed by atoms with Crippen LogP contribution in [0.15, 0.2) is 75.9 Å². The van der Waals surface area contributed by atoms with Crippen molar-refractivity contribution in [1.29, 1.82) is 0 Å². The van der Waals surface area contributed by atoms with E-state index in [1.54, 1.807) is 30.3 Å². The van der Waals surface area contributed by atoms with Gasteiger partial charge in [-0.2, -0.15) is 13.2 Å². The number of para-hydroxylation sites is 2. The minimum absolute atomic E-state index is 0.0900. The maximum atomic E-state index is 13.8. The first kappa shape index (κ1) is 22.9. The highest BCUT2D eigenvalue weighted by Crippen LogP contribution is 2.40. The fraction of sp³-hybridized carbons (Fsp3) is 0.120. The van der Waals surface area contributed by atoms with E-state index in [0.29, 0.717) is 0 Å². The number of benzene rings is 3. The Bertz CT molecular complexity index is 1420. The lowest BCUT2D eigenvalue weighted by Crippen LogP contribution is -2.16. The third kappa shape index (κ3) is 4.59. The summed E-state index contributed by atoms with van der Waals surface area (Å²) in [5.74, 6) is -3.42. The van der Waals surface area contributed by atoms with Gasteiger partial charge in [0.2, 0.25) is 11.2 Å². The van der Waals surface area contributed by atoms with Gasteiger partial charge in [0, 0.05) is 6.07 Å². The van der Waals surface area contributed by atoms with Gasteiger partial charge in [-0.25, -0.2) is 4.79 Å². The number of rotatable bonds is 5. The van der Waals surface area contributed by atoms with Crippen LogP contribution in [-0.4, -0.2) is 13.1 Å². The second kappa shape index (κ2) is 8.93. The molecule has 0 bridgehead atoms. The molecule has 0 aliphatic rings. The summed E-state index contributed by atoms with van der Waals surface area (Å²) in [4.78, 5) is 25.3. The lowest BCUT2D eigenvalue weighted by atomic mass is 10.1. The molecule has 0 fully saturated rings. The van der Waals surface area contributed by atoms with E-state index in [-0.39, 0.29) is 28.2 Å². The summed E-state index contributed by atoms with van der Waals surface area (Å²) in [5, 5.41) is -0.187. The molecule has 0 atom stereocenters. The summed E-state index contributed by atoms with van der Waals surface area (Å²) >= 11 is 0. The van der Waals surface area contributed by atoms with Gasteiger partial charge < -0.3 is 18.6 Å². The van der Waals surface area contributed by atoms with Gasteiger partial charge in [0.1, 0.15) is 11.3 Å². The van der Waals surface area contributed by atoms with Gasteiger partial charge in [-0.15, -0.1) is 0 Å². The maximum absolute atomic E-state index is 13.8. The van der Waals surface area contributed by atoms with E-state index in [9.17, 15) is 22.8 Å². The van der Waals surface area contributed by atoms with Crippen LogP contribution in [0.3, 0.4) is 0 Å². The van der Waals surface area contributed by atoms with Crippen molar-refractivity contribution in [2.45, 2.75) is 13.1 Å². The minimum atomic E-state index is -5.04. The number of carbonyl (C=O) groups is 1. The predicted molar refractivity (Wildman–Crippen MR) is 117 cm³/mol. The molecule has 0 radical (unpaired) electrons. The summed E-state index contributed by atoms with van der Waals surface area (Å²) in [7, 11) is 1.31. The minimum Gasteiger partial charge on any atom is -0.493 e. The number of fused-ring (bicyclic) bond motifs is 1. The van der Waals surface area contributed by atoms with E-state index in [4.69, 9.17) is 18.6 Å². The number of carbonyl (C=O) groups excluding carboxylic acids is 1. The van der Waals surface area contributed by atoms with E-state index in [0.717, 1.165) is 11.6 Å². The first-order chi connectivity index (χ1) is 16.2. The smallest absolute Gasteiger partial charge is 0.453 e. The molecule has 6 nitrogen and oxygen atoms in total. The SMILES string of the molecule is COc1ccccc1Oc1c(C(F)(F)F)oc2cc(OC(=O)c3ccc(C)cc3)ccc2c1=O. The standard InChI is InChI=1S/C25H17F3O6/c1-14-7-9-15(10-8-14)24(30)32-16-11-12-17-20(13-16)34-23(25(26,27)28)22(21(17)29)33-19-6-4-3-5-18(19)31-2/h3-13H,1-2H3. The fourth-order valence-corrected chi connectivity index (χ4v) is 3.17. The quantitative estimate of drug-likeness (QED) is 0.258. The van der Waals surface area contributed by atoms with Crippen LogP contribution in [0.4, 0.5) is 13.2 Å². The first-order valence-electron chi connectivity index (χ1n) is 9.95. The van der Waals surface area contributed by atoms with E-state index in [1.165, 1.54) is 37.4 Å². The first-order valence-corrected chi connectivity index (χ1v) is 9.95. The molecule has 9 heteroatoms. The molecule has 1 aromatic heterocycles. The van der Waals surface area contributed by atoms with Gasteiger partial charge in [-0.3, -0.25) is 4.79 Å². The fourth-order valence-electron chi connectivity index (χ4n) is 3.17. The zero-order valence-electron chi connectivity index (χ0n) is 17.9.